The van der Waals surface area contributed by atoms with Gasteiger partial charge in [0.1, 0.15) is 18.2 Å². The quantitative estimate of drug-likeness (QED) is 0.422. The Hall–Kier alpha value is -3.56. The summed E-state index contributed by atoms with van der Waals surface area (Å²) in [5.74, 6) is -0.431. The maximum Gasteiger partial charge on any atom is 0.266 e. The predicted octanol–water partition coefficient (Wildman–Crippen LogP) is 5.16. The Labute approximate surface area is 198 Å². The van der Waals surface area contributed by atoms with Crippen molar-refractivity contribution in [3.05, 3.63) is 70.4 Å². The number of anilines is 1. The maximum atomic E-state index is 12.8. The van der Waals surface area contributed by atoms with E-state index in [1.807, 2.05) is 52.9 Å². The van der Waals surface area contributed by atoms with Crippen molar-refractivity contribution in [3.63, 3.8) is 0 Å². The average Bonchev–Trinajstić information content (AvgIpc) is 3.17. The highest BCUT2D eigenvalue weighted by Gasteiger charge is 2.19. The maximum absolute atomic E-state index is 12.8. The number of para-hydroxylation sites is 1. The van der Waals surface area contributed by atoms with Crippen LogP contribution in [0.1, 0.15) is 30.4 Å². The number of aryl methyl sites for hydroxylation is 1. The van der Waals surface area contributed by atoms with Gasteiger partial charge in [0.05, 0.1) is 0 Å². The van der Waals surface area contributed by atoms with Crippen LogP contribution in [0.15, 0.2) is 54.2 Å². The smallest absolute Gasteiger partial charge is 0.266 e. The van der Waals surface area contributed by atoms with Crippen LogP contribution in [0.25, 0.3) is 17.0 Å². The molecule has 0 aliphatic carbocycles. The highest BCUT2D eigenvalue weighted by atomic mass is 35.5. The molecule has 1 N–H and O–H groups in total. The first kappa shape index (κ1) is 22.6. The summed E-state index contributed by atoms with van der Waals surface area (Å²) in [5.41, 5.74) is 2.99. The van der Waals surface area contributed by atoms with Crippen molar-refractivity contribution in [1.82, 2.24) is 9.47 Å². The Kier molecular flexibility index (Phi) is 6.81. The zero-order chi connectivity index (χ0) is 23.4. The lowest BCUT2D eigenvalue weighted by Crippen LogP contribution is -2.37. The number of likely N-dealkylation sites (tertiary alicyclic amines) is 1. The number of amides is 2. The molecular weight excluding hydrogens is 436 g/mol. The second-order valence-electron chi connectivity index (χ2n) is 8.26. The van der Waals surface area contributed by atoms with E-state index in [0.29, 0.717) is 16.3 Å². The SMILES string of the molecule is Cc1ccc(NC(=O)/C(C#N)=C/c2cn(CC(=O)N3CCCCC3)c3ccccc23)cc1Cl. The molecule has 1 aliphatic heterocycles. The highest BCUT2D eigenvalue weighted by Crippen LogP contribution is 2.25. The van der Waals surface area contributed by atoms with Gasteiger partial charge in [0.25, 0.3) is 5.91 Å². The Morgan fingerprint density at radius 1 is 1.15 bits per heavy atom. The van der Waals surface area contributed by atoms with Crippen molar-refractivity contribution in [2.24, 2.45) is 0 Å². The van der Waals surface area contributed by atoms with Crippen LogP contribution >= 0.6 is 11.6 Å². The van der Waals surface area contributed by atoms with E-state index in [0.717, 1.165) is 42.4 Å². The number of nitrogens with one attached hydrogen (secondary N) is 1. The van der Waals surface area contributed by atoms with Gasteiger partial charge in [0.15, 0.2) is 0 Å². The molecule has 1 saturated heterocycles. The minimum atomic E-state index is -0.515. The van der Waals surface area contributed by atoms with Gasteiger partial charge < -0.3 is 14.8 Å². The molecule has 2 aromatic carbocycles. The zero-order valence-electron chi connectivity index (χ0n) is 18.5. The van der Waals surface area contributed by atoms with Crippen LogP contribution < -0.4 is 5.32 Å². The van der Waals surface area contributed by atoms with Crippen molar-refractivity contribution in [1.29, 1.82) is 5.26 Å². The second-order valence-corrected chi connectivity index (χ2v) is 8.67. The largest absolute Gasteiger partial charge is 0.341 e. The van der Waals surface area contributed by atoms with Crippen molar-refractivity contribution in [2.45, 2.75) is 32.7 Å². The minimum Gasteiger partial charge on any atom is -0.341 e. The van der Waals surface area contributed by atoms with Gasteiger partial charge in [-0.1, -0.05) is 35.9 Å². The monoisotopic (exact) mass is 460 g/mol. The molecule has 4 rings (SSSR count). The molecule has 2 heterocycles. The number of piperidine rings is 1. The molecule has 6 nitrogen and oxygen atoms in total. The number of nitriles is 1. The van der Waals surface area contributed by atoms with Gasteiger partial charge in [-0.3, -0.25) is 9.59 Å². The van der Waals surface area contributed by atoms with E-state index in [9.17, 15) is 14.9 Å². The Morgan fingerprint density at radius 3 is 2.64 bits per heavy atom. The van der Waals surface area contributed by atoms with E-state index < -0.39 is 5.91 Å². The molecular formula is C26H25ClN4O2. The van der Waals surface area contributed by atoms with Gasteiger partial charge in [0, 0.05) is 46.5 Å². The van der Waals surface area contributed by atoms with Crippen molar-refractivity contribution in [3.8, 4) is 6.07 Å². The first-order chi connectivity index (χ1) is 16.0. The summed E-state index contributed by atoms with van der Waals surface area (Å²) in [6, 6.07) is 14.9. The number of aromatic nitrogens is 1. The summed E-state index contributed by atoms with van der Waals surface area (Å²) >= 11 is 6.14. The Bertz CT molecular complexity index is 1280. The van der Waals surface area contributed by atoms with Crippen LogP contribution in [-0.4, -0.2) is 34.4 Å². The predicted molar refractivity (Wildman–Crippen MR) is 131 cm³/mol. The molecule has 2 amide bonds. The fraction of sp³-hybridized carbons (Fsp3) is 0.269. The summed E-state index contributed by atoms with van der Waals surface area (Å²) in [7, 11) is 0. The number of hydrogen-bond acceptors (Lipinski definition) is 3. The minimum absolute atomic E-state index is 0.0306. The molecule has 0 unspecified atom stereocenters. The van der Waals surface area contributed by atoms with Crippen LogP contribution in [0, 0.1) is 18.3 Å². The van der Waals surface area contributed by atoms with Gasteiger partial charge in [-0.25, -0.2) is 0 Å². The molecule has 3 aromatic rings. The summed E-state index contributed by atoms with van der Waals surface area (Å²) in [5, 5.41) is 13.8. The van der Waals surface area contributed by atoms with Gasteiger partial charge in [0.2, 0.25) is 5.91 Å². The third-order valence-electron chi connectivity index (χ3n) is 5.93. The number of carbonyl (C=O) groups excluding carboxylic acids is 2. The molecule has 1 fully saturated rings. The number of rotatable bonds is 5. The van der Waals surface area contributed by atoms with Crippen LogP contribution in [0.2, 0.25) is 5.02 Å². The first-order valence-corrected chi connectivity index (χ1v) is 11.4. The van der Waals surface area contributed by atoms with Gasteiger partial charge in [-0.15, -0.1) is 0 Å². The lowest BCUT2D eigenvalue weighted by molar-refractivity contribution is -0.132. The molecule has 0 bridgehead atoms. The third-order valence-corrected chi connectivity index (χ3v) is 6.34. The molecule has 0 spiro atoms. The lowest BCUT2D eigenvalue weighted by Gasteiger charge is -2.27. The van der Waals surface area contributed by atoms with E-state index in [2.05, 4.69) is 5.32 Å². The summed E-state index contributed by atoms with van der Waals surface area (Å²) in [6.45, 7) is 3.70. The van der Waals surface area contributed by atoms with Crippen molar-refractivity contribution < 1.29 is 9.59 Å². The fourth-order valence-corrected chi connectivity index (χ4v) is 4.26. The second kappa shape index (κ2) is 9.93. The third kappa shape index (κ3) is 5.10. The highest BCUT2D eigenvalue weighted by molar-refractivity contribution is 6.31. The number of carbonyl (C=O) groups is 2. The molecule has 33 heavy (non-hydrogen) atoms. The van der Waals surface area contributed by atoms with E-state index in [-0.39, 0.29) is 18.0 Å². The Morgan fingerprint density at radius 2 is 1.91 bits per heavy atom. The van der Waals surface area contributed by atoms with Crippen LogP contribution in [0.4, 0.5) is 5.69 Å². The summed E-state index contributed by atoms with van der Waals surface area (Å²) in [4.78, 5) is 27.5. The van der Waals surface area contributed by atoms with E-state index >= 15 is 0 Å². The number of hydrogen-bond donors (Lipinski definition) is 1. The summed E-state index contributed by atoms with van der Waals surface area (Å²) < 4.78 is 1.89. The number of nitrogens with zero attached hydrogens (tertiary/aromatic N) is 3. The molecule has 1 aromatic heterocycles. The van der Waals surface area contributed by atoms with Gasteiger partial charge in [-0.2, -0.15) is 5.26 Å². The molecule has 7 heteroatoms. The van der Waals surface area contributed by atoms with E-state index in [4.69, 9.17) is 11.6 Å². The average molecular weight is 461 g/mol. The molecule has 1 aliphatic rings. The number of halogens is 1. The Balaban J connectivity index is 1.61. The fourth-order valence-electron chi connectivity index (χ4n) is 4.08. The lowest BCUT2D eigenvalue weighted by atomic mass is 10.1. The first-order valence-electron chi connectivity index (χ1n) is 11.0. The molecule has 168 valence electrons. The topological polar surface area (TPSA) is 78.1 Å². The van der Waals surface area contributed by atoms with Gasteiger partial charge >= 0.3 is 0 Å². The molecule has 0 atom stereocenters. The standard InChI is InChI=1S/C26H25ClN4O2/c1-18-9-10-21(14-23(18)27)29-26(33)19(15-28)13-20-16-31(24-8-4-3-7-22(20)24)17-25(32)30-11-5-2-6-12-30/h3-4,7-10,13-14,16H,2,5-6,11-12,17H2,1H3,(H,29,33)/b19-13+. The summed E-state index contributed by atoms with van der Waals surface area (Å²) in [6.07, 6.45) is 6.65. The number of benzene rings is 2. The van der Waals surface area contributed by atoms with E-state index in [1.54, 1.807) is 24.3 Å². The molecule has 0 saturated carbocycles. The van der Waals surface area contributed by atoms with Crippen molar-refractivity contribution in [2.75, 3.05) is 18.4 Å². The van der Waals surface area contributed by atoms with Crippen LogP contribution in [0.5, 0.6) is 0 Å². The number of fused-ring (bicyclic) bond motifs is 1. The molecule has 0 radical (unpaired) electrons. The van der Waals surface area contributed by atoms with Gasteiger partial charge in [-0.05, 0) is 56.0 Å². The normalized spacial score (nSPS) is 14.2. The zero-order valence-corrected chi connectivity index (χ0v) is 19.2. The van der Waals surface area contributed by atoms with Crippen LogP contribution in [0.3, 0.4) is 0 Å². The van der Waals surface area contributed by atoms with E-state index in [1.165, 1.54) is 6.42 Å². The van der Waals surface area contributed by atoms with Crippen LogP contribution in [-0.2, 0) is 16.1 Å². The van der Waals surface area contributed by atoms with Crippen molar-refractivity contribution >= 4 is 46.1 Å².